The van der Waals surface area contributed by atoms with Crippen LogP contribution in [0.1, 0.15) is 51.7 Å². The number of hydrogen-bond acceptors (Lipinski definition) is 2. The Hall–Kier alpha value is -1.02. The zero-order valence-electron chi connectivity index (χ0n) is 13.8. The van der Waals surface area contributed by atoms with Crippen molar-refractivity contribution < 1.29 is 0 Å². The Morgan fingerprint density at radius 2 is 2.05 bits per heavy atom. The molecule has 1 aromatic carbocycles. The molecule has 0 fully saturated rings. The van der Waals surface area contributed by atoms with Gasteiger partial charge in [-0.3, -0.25) is 0 Å². The molecule has 0 radical (unpaired) electrons. The molecule has 1 unspecified atom stereocenters. The maximum atomic E-state index is 3.60. The molecule has 1 N–H and O–H groups in total. The number of benzene rings is 1. The third-order valence-electron chi connectivity index (χ3n) is 4.14. The van der Waals surface area contributed by atoms with E-state index in [1.54, 1.807) is 0 Å². The number of aryl methyl sites for hydroxylation is 2. The van der Waals surface area contributed by atoms with E-state index in [4.69, 9.17) is 0 Å². The minimum Gasteiger partial charge on any atom is -0.369 e. The van der Waals surface area contributed by atoms with E-state index in [1.807, 2.05) is 0 Å². The van der Waals surface area contributed by atoms with Crippen LogP contribution in [0.25, 0.3) is 0 Å². The molecule has 0 saturated carbocycles. The van der Waals surface area contributed by atoms with Gasteiger partial charge in [0.2, 0.25) is 0 Å². The fourth-order valence-electron chi connectivity index (χ4n) is 3.02. The first-order valence-electron chi connectivity index (χ1n) is 7.98. The van der Waals surface area contributed by atoms with Crippen LogP contribution in [-0.4, -0.2) is 24.7 Å². The summed E-state index contributed by atoms with van der Waals surface area (Å²) in [6.45, 7) is 13.5. The molecule has 0 spiro atoms. The number of anilines is 1. The molecule has 0 aliphatic carbocycles. The standard InChI is InChI=1S/C18H30N2/c1-14-8-9-17-16(13-14)7-6-12-20(17)15(2)10-11-19-18(3,4)5/h8-9,13,15,19H,6-7,10-12H2,1-5H3. The summed E-state index contributed by atoms with van der Waals surface area (Å²) >= 11 is 0. The third kappa shape index (κ3) is 3.99. The number of rotatable bonds is 4. The normalized spacial score (nSPS) is 16.9. The Balaban J connectivity index is 2.00. The quantitative estimate of drug-likeness (QED) is 0.895. The van der Waals surface area contributed by atoms with Crippen molar-refractivity contribution in [2.45, 2.75) is 65.5 Å². The lowest BCUT2D eigenvalue weighted by Gasteiger charge is -2.37. The summed E-state index contributed by atoms with van der Waals surface area (Å²) in [7, 11) is 0. The molecular formula is C18H30N2. The zero-order chi connectivity index (χ0) is 14.8. The van der Waals surface area contributed by atoms with Gasteiger partial charge in [-0.25, -0.2) is 0 Å². The first-order chi connectivity index (χ1) is 9.37. The van der Waals surface area contributed by atoms with E-state index >= 15 is 0 Å². The summed E-state index contributed by atoms with van der Waals surface area (Å²) in [5, 5.41) is 3.60. The second-order valence-corrected chi connectivity index (χ2v) is 7.24. The van der Waals surface area contributed by atoms with Crippen molar-refractivity contribution in [2.75, 3.05) is 18.0 Å². The maximum absolute atomic E-state index is 3.60. The van der Waals surface area contributed by atoms with Gasteiger partial charge < -0.3 is 10.2 Å². The Morgan fingerprint density at radius 1 is 1.30 bits per heavy atom. The molecule has 2 heteroatoms. The van der Waals surface area contributed by atoms with E-state index < -0.39 is 0 Å². The highest BCUT2D eigenvalue weighted by atomic mass is 15.2. The third-order valence-corrected chi connectivity index (χ3v) is 4.14. The summed E-state index contributed by atoms with van der Waals surface area (Å²) in [6.07, 6.45) is 3.72. The SMILES string of the molecule is Cc1ccc2c(c1)CCCN2C(C)CCNC(C)(C)C. The molecule has 2 nitrogen and oxygen atoms in total. The lowest BCUT2D eigenvalue weighted by molar-refractivity contribution is 0.407. The van der Waals surface area contributed by atoms with Gasteiger partial charge in [-0.2, -0.15) is 0 Å². The van der Waals surface area contributed by atoms with Crippen molar-refractivity contribution in [2.24, 2.45) is 0 Å². The van der Waals surface area contributed by atoms with Crippen molar-refractivity contribution >= 4 is 5.69 Å². The first-order valence-corrected chi connectivity index (χ1v) is 7.98. The molecule has 1 aliphatic rings. The highest BCUT2D eigenvalue weighted by molar-refractivity contribution is 5.57. The van der Waals surface area contributed by atoms with Crippen LogP contribution in [0.5, 0.6) is 0 Å². The largest absolute Gasteiger partial charge is 0.369 e. The number of nitrogens with zero attached hydrogens (tertiary/aromatic N) is 1. The van der Waals surface area contributed by atoms with Gasteiger partial charge in [0.1, 0.15) is 0 Å². The van der Waals surface area contributed by atoms with Crippen molar-refractivity contribution in [3.63, 3.8) is 0 Å². The minimum atomic E-state index is 0.219. The molecule has 112 valence electrons. The number of nitrogens with one attached hydrogen (secondary N) is 1. The van der Waals surface area contributed by atoms with Gasteiger partial charge in [-0.15, -0.1) is 0 Å². The van der Waals surface area contributed by atoms with Crippen molar-refractivity contribution in [1.82, 2.24) is 5.32 Å². The summed E-state index contributed by atoms with van der Waals surface area (Å²) in [6, 6.07) is 7.53. The smallest absolute Gasteiger partial charge is 0.0401 e. The van der Waals surface area contributed by atoms with Crippen LogP contribution >= 0.6 is 0 Å². The molecule has 1 atom stereocenters. The predicted molar refractivity (Wildman–Crippen MR) is 88.7 cm³/mol. The molecule has 0 saturated heterocycles. The Morgan fingerprint density at radius 3 is 2.75 bits per heavy atom. The van der Waals surface area contributed by atoms with E-state index in [2.05, 4.69) is 63.0 Å². The van der Waals surface area contributed by atoms with Crippen LogP contribution in [0.4, 0.5) is 5.69 Å². The molecule has 1 aromatic rings. The van der Waals surface area contributed by atoms with Crippen molar-refractivity contribution in [3.8, 4) is 0 Å². The number of fused-ring (bicyclic) bond motifs is 1. The van der Waals surface area contributed by atoms with Crippen molar-refractivity contribution in [1.29, 1.82) is 0 Å². The summed E-state index contributed by atoms with van der Waals surface area (Å²) in [5.74, 6) is 0. The van der Waals surface area contributed by atoms with Crippen LogP contribution < -0.4 is 10.2 Å². The van der Waals surface area contributed by atoms with Crippen LogP contribution in [0.3, 0.4) is 0 Å². The Labute approximate surface area is 124 Å². The van der Waals surface area contributed by atoms with E-state index in [9.17, 15) is 0 Å². The minimum absolute atomic E-state index is 0.219. The van der Waals surface area contributed by atoms with Gasteiger partial charge in [0, 0.05) is 23.8 Å². The second-order valence-electron chi connectivity index (χ2n) is 7.24. The van der Waals surface area contributed by atoms with Crippen LogP contribution in [0, 0.1) is 6.92 Å². The summed E-state index contributed by atoms with van der Waals surface area (Å²) in [5.41, 5.74) is 4.60. The molecular weight excluding hydrogens is 244 g/mol. The zero-order valence-corrected chi connectivity index (χ0v) is 13.8. The molecule has 0 bridgehead atoms. The predicted octanol–water partition coefficient (Wildman–Crippen LogP) is 3.91. The molecule has 1 heterocycles. The molecule has 1 aliphatic heterocycles. The van der Waals surface area contributed by atoms with Gasteiger partial charge in [-0.1, -0.05) is 17.7 Å². The molecule has 0 amide bonds. The van der Waals surface area contributed by atoms with E-state index in [0.717, 1.165) is 6.54 Å². The van der Waals surface area contributed by atoms with E-state index in [-0.39, 0.29) is 5.54 Å². The average Bonchev–Trinajstić information content (AvgIpc) is 2.36. The highest BCUT2D eigenvalue weighted by Gasteiger charge is 2.21. The Bertz CT molecular complexity index is 445. The van der Waals surface area contributed by atoms with Gasteiger partial charge in [0.05, 0.1) is 0 Å². The fourth-order valence-corrected chi connectivity index (χ4v) is 3.02. The molecule has 20 heavy (non-hydrogen) atoms. The average molecular weight is 274 g/mol. The summed E-state index contributed by atoms with van der Waals surface area (Å²) in [4.78, 5) is 2.60. The van der Waals surface area contributed by atoms with Gasteiger partial charge in [0.15, 0.2) is 0 Å². The van der Waals surface area contributed by atoms with E-state index in [1.165, 1.54) is 42.6 Å². The molecule has 0 aromatic heterocycles. The van der Waals surface area contributed by atoms with Gasteiger partial charge in [-0.05, 0) is 72.1 Å². The summed E-state index contributed by atoms with van der Waals surface area (Å²) < 4.78 is 0. The monoisotopic (exact) mass is 274 g/mol. The number of hydrogen-bond donors (Lipinski definition) is 1. The van der Waals surface area contributed by atoms with Crippen LogP contribution in [-0.2, 0) is 6.42 Å². The molecule has 2 rings (SSSR count). The van der Waals surface area contributed by atoms with E-state index in [0.29, 0.717) is 6.04 Å². The van der Waals surface area contributed by atoms with Crippen LogP contribution in [0.15, 0.2) is 18.2 Å². The maximum Gasteiger partial charge on any atom is 0.0401 e. The van der Waals surface area contributed by atoms with Crippen LogP contribution in [0.2, 0.25) is 0 Å². The topological polar surface area (TPSA) is 15.3 Å². The first kappa shape index (κ1) is 15.4. The second kappa shape index (κ2) is 6.17. The lowest BCUT2D eigenvalue weighted by atomic mass is 9.97. The van der Waals surface area contributed by atoms with Gasteiger partial charge >= 0.3 is 0 Å². The highest BCUT2D eigenvalue weighted by Crippen LogP contribution is 2.30. The Kier molecular flexibility index (Phi) is 4.74. The lowest BCUT2D eigenvalue weighted by Crippen LogP contribution is -2.42. The van der Waals surface area contributed by atoms with Gasteiger partial charge in [0.25, 0.3) is 0 Å². The van der Waals surface area contributed by atoms with Crippen molar-refractivity contribution in [3.05, 3.63) is 29.3 Å². The fraction of sp³-hybridized carbons (Fsp3) is 0.667.